The molecule has 2 saturated heterocycles. The topological polar surface area (TPSA) is 89.5 Å². The van der Waals surface area contributed by atoms with Gasteiger partial charge in [0.1, 0.15) is 11.5 Å². The van der Waals surface area contributed by atoms with Crippen LogP contribution >= 0.6 is 0 Å². The maximum atomic E-state index is 13.1. The van der Waals surface area contributed by atoms with Crippen molar-refractivity contribution in [2.45, 2.75) is 95.9 Å². The second-order valence-electron chi connectivity index (χ2n) is 11.2. The highest BCUT2D eigenvalue weighted by Gasteiger charge is 2.47. The second kappa shape index (κ2) is 16.8. The average Bonchev–Trinajstić information content (AvgIpc) is 3.36. The normalized spacial score (nSPS) is 25.9. The van der Waals surface area contributed by atoms with Gasteiger partial charge in [-0.25, -0.2) is 4.79 Å². The van der Waals surface area contributed by atoms with Gasteiger partial charge in [-0.15, -0.1) is 5.73 Å². The fourth-order valence-electron chi connectivity index (χ4n) is 5.58. The number of hydrogen-bond donors (Lipinski definition) is 0. The van der Waals surface area contributed by atoms with E-state index in [1.165, 1.54) is 12.7 Å². The summed E-state index contributed by atoms with van der Waals surface area (Å²) in [6.45, 7) is 3.79. The molecule has 1 aliphatic carbocycles. The zero-order valence-electron chi connectivity index (χ0n) is 25.1. The maximum Gasteiger partial charge on any atom is 0.367 e. The minimum absolute atomic E-state index is 0.0793. The van der Waals surface area contributed by atoms with Crippen molar-refractivity contribution >= 4 is 11.8 Å². The molecule has 2 heterocycles. The van der Waals surface area contributed by atoms with Gasteiger partial charge in [0.05, 0.1) is 13.7 Å². The van der Waals surface area contributed by atoms with Crippen LogP contribution in [0.1, 0.15) is 76.2 Å². The van der Waals surface area contributed by atoms with Gasteiger partial charge in [0.25, 0.3) is 5.79 Å². The molecule has 8 heteroatoms. The predicted molar refractivity (Wildman–Crippen MR) is 158 cm³/mol. The predicted octanol–water partition coefficient (Wildman–Crippen LogP) is 6.36. The van der Waals surface area contributed by atoms with Gasteiger partial charge in [-0.1, -0.05) is 29.8 Å². The van der Waals surface area contributed by atoms with Crippen LogP contribution in [0.15, 0.2) is 54.3 Å². The Morgan fingerprint density at radius 2 is 1.69 bits per heavy atom. The molecule has 8 nitrogen and oxygen atoms in total. The first-order chi connectivity index (χ1) is 20.5. The van der Waals surface area contributed by atoms with Gasteiger partial charge in [-0.2, -0.15) is 0 Å². The number of methoxy groups -OCH3 is 1. The van der Waals surface area contributed by atoms with E-state index in [2.05, 4.69) is 24.8 Å². The Labute approximate surface area is 250 Å². The van der Waals surface area contributed by atoms with Crippen molar-refractivity contribution in [3.05, 3.63) is 59.9 Å². The van der Waals surface area contributed by atoms with Crippen LogP contribution in [0.25, 0.3) is 0 Å². The highest BCUT2D eigenvalue weighted by Crippen LogP contribution is 2.33. The van der Waals surface area contributed by atoms with Gasteiger partial charge in [0.15, 0.2) is 12.6 Å². The quantitative estimate of drug-likeness (QED) is 0.0823. The van der Waals surface area contributed by atoms with Crippen molar-refractivity contribution in [3.63, 3.8) is 0 Å². The number of Topliss-reactive ketones (excluding diaryl/α,β-unsaturated/α-hetero) is 1. The molecule has 1 saturated carbocycles. The van der Waals surface area contributed by atoms with Crippen LogP contribution in [-0.2, 0) is 33.3 Å². The first kappa shape index (κ1) is 32.2. The molecule has 1 aromatic rings. The fourth-order valence-corrected chi connectivity index (χ4v) is 5.58. The van der Waals surface area contributed by atoms with Crippen LogP contribution in [0.4, 0.5) is 0 Å². The van der Waals surface area contributed by atoms with Gasteiger partial charge in [0, 0.05) is 32.0 Å². The highest BCUT2D eigenvalue weighted by atomic mass is 16.8. The molecule has 3 fully saturated rings. The van der Waals surface area contributed by atoms with Gasteiger partial charge in [-0.05, 0) is 94.9 Å². The monoisotopic (exact) mass is 582 g/mol. The lowest BCUT2D eigenvalue weighted by molar-refractivity contribution is -0.350. The molecule has 0 N–H and O–H groups in total. The summed E-state index contributed by atoms with van der Waals surface area (Å²) in [5.74, 6) is -1.07. The summed E-state index contributed by atoms with van der Waals surface area (Å²) in [6.07, 6.45) is 14.8. The number of hydrogen-bond acceptors (Lipinski definition) is 8. The molecule has 2 unspecified atom stereocenters. The first-order valence-electron chi connectivity index (χ1n) is 15.4. The van der Waals surface area contributed by atoms with E-state index < -0.39 is 24.3 Å². The van der Waals surface area contributed by atoms with Crippen molar-refractivity contribution in [2.24, 2.45) is 11.8 Å². The van der Waals surface area contributed by atoms with Gasteiger partial charge in [0.2, 0.25) is 0 Å². The van der Waals surface area contributed by atoms with Crippen LogP contribution in [0.3, 0.4) is 0 Å². The van der Waals surface area contributed by atoms with E-state index in [-0.39, 0.29) is 24.0 Å². The Balaban J connectivity index is 1.34. The minimum atomic E-state index is -1.70. The van der Waals surface area contributed by atoms with Gasteiger partial charge < -0.3 is 28.4 Å². The Morgan fingerprint density at radius 1 is 1.00 bits per heavy atom. The molecule has 4 rings (SSSR count). The Hall–Kier alpha value is -2.74. The summed E-state index contributed by atoms with van der Waals surface area (Å²) in [4.78, 5) is 25.7. The minimum Gasteiger partial charge on any atom is -0.493 e. The lowest BCUT2D eigenvalue weighted by atomic mass is 9.91. The zero-order chi connectivity index (χ0) is 29.6. The summed E-state index contributed by atoms with van der Waals surface area (Å²) in [5.41, 5.74) is 4.37. The molecule has 42 heavy (non-hydrogen) atoms. The smallest absolute Gasteiger partial charge is 0.367 e. The third-order valence-electron chi connectivity index (χ3n) is 8.01. The number of rotatable bonds is 14. The van der Waals surface area contributed by atoms with E-state index >= 15 is 0 Å². The molecule has 1 aromatic carbocycles. The summed E-state index contributed by atoms with van der Waals surface area (Å²) >= 11 is 0. The Morgan fingerprint density at radius 3 is 2.31 bits per heavy atom. The van der Waals surface area contributed by atoms with Crippen molar-refractivity contribution in [3.8, 4) is 5.75 Å². The molecule has 4 atom stereocenters. The lowest BCUT2D eigenvalue weighted by Crippen LogP contribution is -2.51. The SMILES string of the molecule is COC(=O)C(CC=C=CC[C@H]1C(=O)CC[C@@H]1/C=C/CCOc1ccc(C)cc1)(OC1CCCCO1)OC1CCCCO1. The Kier molecular flexibility index (Phi) is 12.9. The zero-order valence-corrected chi connectivity index (χ0v) is 25.1. The highest BCUT2D eigenvalue weighted by molar-refractivity contribution is 5.83. The molecular formula is C34H46O8. The van der Waals surface area contributed by atoms with Crippen LogP contribution in [-0.4, -0.2) is 57.1 Å². The maximum absolute atomic E-state index is 13.1. The van der Waals surface area contributed by atoms with Crippen LogP contribution in [0, 0.1) is 18.8 Å². The van der Waals surface area contributed by atoms with E-state index in [0.717, 1.165) is 44.3 Å². The number of aryl methyl sites for hydroxylation is 1. The number of carbonyl (C=O) groups is 2. The molecular weight excluding hydrogens is 536 g/mol. The largest absolute Gasteiger partial charge is 0.493 e. The third-order valence-corrected chi connectivity index (χ3v) is 8.01. The van der Waals surface area contributed by atoms with E-state index in [0.29, 0.717) is 45.5 Å². The molecule has 0 aromatic heterocycles. The molecule has 0 radical (unpaired) electrons. The number of carbonyl (C=O) groups excluding carboxylic acids is 2. The summed E-state index contributed by atoms with van der Waals surface area (Å²) in [6, 6.07) is 8.03. The molecule has 0 bridgehead atoms. The van der Waals surface area contributed by atoms with Crippen LogP contribution in [0.5, 0.6) is 5.75 Å². The number of esters is 1. The summed E-state index contributed by atoms with van der Waals surface area (Å²) < 4.78 is 34.8. The lowest BCUT2D eigenvalue weighted by Gasteiger charge is -2.38. The summed E-state index contributed by atoms with van der Waals surface area (Å²) in [5, 5.41) is 0. The number of ether oxygens (including phenoxy) is 6. The third kappa shape index (κ3) is 9.65. The van der Waals surface area contributed by atoms with E-state index in [9.17, 15) is 9.59 Å². The van der Waals surface area contributed by atoms with Crippen molar-refractivity contribution < 1.29 is 38.0 Å². The first-order valence-corrected chi connectivity index (χ1v) is 15.4. The molecule has 230 valence electrons. The van der Waals surface area contributed by atoms with Gasteiger partial charge >= 0.3 is 5.97 Å². The van der Waals surface area contributed by atoms with E-state index in [1.807, 2.05) is 30.3 Å². The molecule has 2 aliphatic heterocycles. The van der Waals surface area contributed by atoms with Gasteiger partial charge in [-0.3, -0.25) is 4.79 Å². The number of ketones is 1. The molecule has 0 amide bonds. The van der Waals surface area contributed by atoms with Crippen LogP contribution in [0.2, 0.25) is 0 Å². The van der Waals surface area contributed by atoms with Crippen molar-refractivity contribution in [1.29, 1.82) is 0 Å². The Bertz CT molecular complexity index is 1060. The summed E-state index contributed by atoms with van der Waals surface area (Å²) in [7, 11) is 1.32. The molecule has 0 spiro atoms. The van der Waals surface area contributed by atoms with E-state index in [1.54, 1.807) is 6.08 Å². The molecule has 3 aliphatic rings. The van der Waals surface area contributed by atoms with Crippen LogP contribution < -0.4 is 4.74 Å². The second-order valence-corrected chi connectivity index (χ2v) is 11.2. The fraction of sp³-hybridized carbons (Fsp3) is 0.618. The van der Waals surface area contributed by atoms with Crippen molar-refractivity contribution in [2.75, 3.05) is 26.9 Å². The number of allylic oxidation sites excluding steroid dienone is 1. The number of benzene rings is 1. The average molecular weight is 583 g/mol. The standard InChI is InChI=1S/C34H46O8/c1-26-16-19-28(20-17-26)38-23-9-5-12-27-18-21-30(35)29(27)13-4-3-8-22-34(33(36)37-2,41-31-14-6-10-24-39-31)42-32-15-7-11-25-40-32/h4-5,8,12,16-17,19-20,27,29,31-32H,6-7,9-11,13-15,18,21-25H2,1-2H3/b12-5+/t3?,27-,29+,31?,32?,34?/m0/s1. The van der Waals surface area contributed by atoms with E-state index in [4.69, 9.17) is 28.4 Å². The van der Waals surface area contributed by atoms with Crippen molar-refractivity contribution in [1.82, 2.24) is 0 Å².